The predicted molar refractivity (Wildman–Crippen MR) is 107 cm³/mol. The van der Waals surface area contributed by atoms with Crippen LogP contribution in [-0.2, 0) is 6.54 Å². The van der Waals surface area contributed by atoms with Crippen molar-refractivity contribution in [1.82, 2.24) is 9.80 Å². The van der Waals surface area contributed by atoms with Gasteiger partial charge in [-0.15, -0.1) is 11.8 Å². The average Bonchev–Trinajstić information content (AvgIpc) is 2.60. The first-order valence-electron chi connectivity index (χ1n) is 8.83. The molecule has 3 heteroatoms. The molecular weight excluding hydrogens is 312 g/mol. The highest BCUT2D eigenvalue weighted by atomic mass is 32.2. The minimum atomic E-state index is 1.06. The van der Waals surface area contributed by atoms with Crippen molar-refractivity contribution in [3.63, 3.8) is 0 Å². The highest BCUT2D eigenvalue weighted by molar-refractivity contribution is 7.99. The Morgan fingerprint density at radius 1 is 0.750 bits per heavy atom. The number of rotatable bonds is 11. The normalized spacial score (nSPS) is 11.3. The fourth-order valence-corrected chi connectivity index (χ4v) is 3.58. The van der Waals surface area contributed by atoms with Gasteiger partial charge in [0.1, 0.15) is 0 Å². The number of hydrogen-bond donors (Lipinski definition) is 0. The molecule has 0 saturated heterocycles. The van der Waals surface area contributed by atoms with E-state index in [1.165, 1.54) is 42.1 Å². The molecule has 0 fully saturated rings. The van der Waals surface area contributed by atoms with Crippen molar-refractivity contribution in [2.75, 3.05) is 39.5 Å². The monoisotopic (exact) mass is 342 g/mol. The van der Waals surface area contributed by atoms with E-state index in [2.05, 4.69) is 84.6 Å². The van der Waals surface area contributed by atoms with Crippen molar-refractivity contribution in [3.05, 3.63) is 66.2 Å². The van der Waals surface area contributed by atoms with Gasteiger partial charge < -0.3 is 4.90 Å². The highest BCUT2D eigenvalue weighted by Crippen LogP contribution is 2.18. The summed E-state index contributed by atoms with van der Waals surface area (Å²) in [4.78, 5) is 6.25. The topological polar surface area (TPSA) is 6.48 Å². The second-order valence-electron chi connectivity index (χ2n) is 6.43. The summed E-state index contributed by atoms with van der Waals surface area (Å²) < 4.78 is 0. The maximum Gasteiger partial charge on any atom is 0.0233 e. The Morgan fingerprint density at radius 3 is 2.04 bits per heavy atom. The molecule has 0 aliphatic rings. The third kappa shape index (κ3) is 8.00. The molecule has 0 atom stereocenters. The van der Waals surface area contributed by atoms with Crippen LogP contribution in [0.1, 0.15) is 18.4 Å². The summed E-state index contributed by atoms with van der Waals surface area (Å²) in [7, 11) is 4.30. The van der Waals surface area contributed by atoms with Crippen LogP contribution in [0, 0.1) is 0 Å². The summed E-state index contributed by atoms with van der Waals surface area (Å²) in [5.41, 5.74) is 1.41. The molecule has 24 heavy (non-hydrogen) atoms. The minimum Gasteiger partial charge on any atom is -0.309 e. The molecule has 0 saturated carbocycles. The molecule has 2 aromatic rings. The third-order valence-electron chi connectivity index (χ3n) is 3.96. The lowest BCUT2D eigenvalue weighted by Gasteiger charge is -2.23. The Bertz CT molecular complexity index is 542. The van der Waals surface area contributed by atoms with E-state index in [-0.39, 0.29) is 0 Å². The lowest BCUT2D eigenvalue weighted by Crippen LogP contribution is -2.28. The molecule has 0 amide bonds. The van der Waals surface area contributed by atoms with Crippen LogP contribution in [0.3, 0.4) is 0 Å². The Labute approximate surface area is 151 Å². The molecular formula is C21H30N2S. The highest BCUT2D eigenvalue weighted by Gasteiger charge is 2.06. The van der Waals surface area contributed by atoms with E-state index < -0.39 is 0 Å². The van der Waals surface area contributed by atoms with E-state index in [4.69, 9.17) is 0 Å². The number of benzene rings is 2. The molecule has 0 N–H and O–H groups in total. The second kappa shape index (κ2) is 11.3. The van der Waals surface area contributed by atoms with Crippen LogP contribution in [-0.4, -0.2) is 49.3 Å². The van der Waals surface area contributed by atoms with Crippen LogP contribution in [0.15, 0.2) is 65.6 Å². The molecule has 2 rings (SSSR count). The minimum absolute atomic E-state index is 1.06. The van der Waals surface area contributed by atoms with E-state index in [9.17, 15) is 0 Å². The zero-order valence-corrected chi connectivity index (χ0v) is 15.8. The predicted octanol–water partition coefficient (Wildman–Crippen LogP) is 4.62. The van der Waals surface area contributed by atoms with Crippen molar-refractivity contribution in [2.45, 2.75) is 24.3 Å². The zero-order chi connectivity index (χ0) is 17.0. The molecule has 0 spiro atoms. The van der Waals surface area contributed by atoms with Crippen LogP contribution in [0.4, 0.5) is 0 Å². The van der Waals surface area contributed by atoms with Gasteiger partial charge in [0.2, 0.25) is 0 Å². The molecule has 0 aliphatic heterocycles. The van der Waals surface area contributed by atoms with Gasteiger partial charge in [0.15, 0.2) is 0 Å². The average molecular weight is 343 g/mol. The van der Waals surface area contributed by atoms with Gasteiger partial charge in [0.25, 0.3) is 0 Å². The first-order chi connectivity index (χ1) is 11.7. The van der Waals surface area contributed by atoms with Crippen LogP contribution in [0.5, 0.6) is 0 Å². The maximum absolute atomic E-state index is 2.60. The zero-order valence-electron chi connectivity index (χ0n) is 15.0. The van der Waals surface area contributed by atoms with Crippen molar-refractivity contribution in [3.8, 4) is 0 Å². The Morgan fingerprint density at radius 2 is 1.38 bits per heavy atom. The Balaban J connectivity index is 1.76. The van der Waals surface area contributed by atoms with E-state index >= 15 is 0 Å². The van der Waals surface area contributed by atoms with Gasteiger partial charge in [-0.1, -0.05) is 48.5 Å². The van der Waals surface area contributed by atoms with E-state index in [0.717, 1.165) is 13.1 Å². The number of hydrogen-bond acceptors (Lipinski definition) is 3. The van der Waals surface area contributed by atoms with Gasteiger partial charge in [-0.3, -0.25) is 4.90 Å². The fourth-order valence-electron chi connectivity index (χ4n) is 2.72. The van der Waals surface area contributed by atoms with Crippen LogP contribution in [0.25, 0.3) is 0 Å². The molecule has 0 unspecified atom stereocenters. The number of nitrogens with zero attached hydrogens (tertiary/aromatic N) is 2. The largest absolute Gasteiger partial charge is 0.309 e. The van der Waals surface area contributed by atoms with Gasteiger partial charge in [-0.25, -0.2) is 0 Å². The summed E-state index contributed by atoms with van der Waals surface area (Å²) in [6, 6.07) is 21.5. The van der Waals surface area contributed by atoms with Crippen LogP contribution < -0.4 is 0 Å². The summed E-state index contributed by atoms with van der Waals surface area (Å²) >= 11 is 1.96. The Hall–Kier alpha value is -1.29. The van der Waals surface area contributed by atoms with Crippen LogP contribution in [0.2, 0.25) is 0 Å². The molecule has 0 heterocycles. The fraction of sp³-hybridized carbons (Fsp3) is 0.429. The van der Waals surface area contributed by atoms with Gasteiger partial charge in [0.05, 0.1) is 0 Å². The quantitative estimate of drug-likeness (QED) is 0.434. The summed E-state index contributed by atoms with van der Waals surface area (Å²) in [6.07, 6.45) is 2.46. The summed E-state index contributed by atoms with van der Waals surface area (Å²) in [5.74, 6) is 1.18. The lowest BCUT2D eigenvalue weighted by atomic mass is 10.2. The van der Waals surface area contributed by atoms with E-state index in [1.54, 1.807) is 0 Å². The molecule has 0 aromatic heterocycles. The lowest BCUT2D eigenvalue weighted by molar-refractivity contribution is 0.248. The van der Waals surface area contributed by atoms with E-state index in [1.807, 2.05) is 11.8 Å². The first-order valence-corrected chi connectivity index (χ1v) is 9.81. The maximum atomic E-state index is 2.60. The third-order valence-corrected chi connectivity index (χ3v) is 5.06. The molecule has 0 radical (unpaired) electrons. The first kappa shape index (κ1) is 19.0. The van der Waals surface area contributed by atoms with Crippen molar-refractivity contribution < 1.29 is 0 Å². The van der Waals surface area contributed by atoms with Gasteiger partial charge >= 0.3 is 0 Å². The number of thioether (sulfide) groups is 1. The van der Waals surface area contributed by atoms with Gasteiger partial charge in [-0.05, 0) is 70.0 Å². The van der Waals surface area contributed by atoms with Crippen molar-refractivity contribution >= 4 is 11.8 Å². The van der Waals surface area contributed by atoms with Crippen molar-refractivity contribution in [1.29, 1.82) is 0 Å². The molecule has 130 valence electrons. The smallest absolute Gasteiger partial charge is 0.0233 e. The SMILES string of the molecule is CN(C)CCCN(CCCSc1ccccc1)Cc1ccccc1. The molecule has 0 bridgehead atoms. The molecule has 2 nitrogen and oxygen atoms in total. The Kier molecular flexibility index (Phi) is 8.96. The summed E-state index contributed by atoms with van der Waals surface area (Å²) in [5, 5.41) is 0. The van der Waals surface area contributed by atoms with Crippen molar-refractivity contribution in [2.24, 2.45) is 0 Å². The van der Waals surface area contributed by atoms with Gasteiger partial charge in [-0.2, -0.15) is 0 Å². The standard InChI is InChI=1S/C21H30N2S/c1-22(2)15-9-16-23(19-20-11-5-3-6-12-20)17-10-18-24-21-13-7-4-8-14-21/h3-8,11-14H,9-10,15-19H2,1-2H3. The second-order valence-corrected chi connectivity index (χ2v) is 7.60. The van der Waals surface area contributed by atoms with Crippen LogP contribution >= 0.6 is 11.8 Å². The van der Waals surface area contributed by atoms with Gasteiger partial charge in [0, 0.05) is 11.4 Å². The summed E-state index contributed by atoms with van der Waals surface area (Å²) in [6.45, 7) is 4.56. The molecule has 0 aliphatic carbocycles. The van der Waals surface area contributed by atoms with E-state index in [0.29, 0.717) is 0 Å². The molecule has 2 aromatic carbocycles.